The zero-order valence-corrected chi connectivity index (χ0v) is 22.3. The quantitative estimate of drug-likeness (QED) is 0.210. The summed E-state index contributed by atoms with van der Waals surface area (Å²) < 4.78 is 32.1. The van der Waals surface area contributed by atoms with Crippen LogP contribution in [-0.2, 0) is 17.9 Å². The third-order valence-corrected chi connectivity index (χ3v) is 5.35. The molecule has 208 valence electrons. The molecule has 0 aliphatic carbocycles. The van der Waals surface area contributed by atoms with Crippen molar-refractivity contribution < 1.29 is 18.1 Å². The van der Waals surface area contributed by atoms with Crippen molar-refractivity contribution in [3.8, 4) is 0 Å². The topological polar surface area (TPSA) is 149 Å². The number of nitrogen functional groups attached to an aromatic ring is 1. The number of hydrogen-bond acceptors (Lipinski definition) is 9. The molecule has 5 N–H and O–H groups in total. The van der Waals surface area contributed by atoms with Gasteiger partial charge in [0.05, 0.1) is 24.2 Å². The third kappa shape index (κ3) is 8.53. The minimum Gasteiger partial charge on any atom is -0.396 e. The molecule has 0 saturated carbocycles. The molecule has 0 saturated heterocycles. The Labute approximate surface area is 230 Å². The number of nitrogens with one attached hydrogen (secondary N) is 1. The molecule has 2 aromatic heterocycles. The highest BCUT2D eigenvalue weighted by atomic mass is 19.2. The van der Waals surface area contributed by atoms with Crippen molar-refractivity contribution in [2.75, 3.05) is 25.1 Å². The van der Waals surface area contributed by atoms with Crippen LogP contribution in [0.1, 0.15) is 28.2 Å². The fourth-order valence-corrected chi connectivity index (χ4v) is 3.37. The molecule has 10 nitrogen and oxygen atoms in total. The van der Waals surface area contributed by atoms with Crippen LogP contribution in [0.5, 0.6) is 0 Å². The molecule has 12 heteroatoms. The molecule has 0 unspecified atom stereocenters. The molecule has 2 aromatic carbocycles. The van der Waals surface area contributed by atoms with Gasteiger partial charge >= 0.3 is 0 Å². The van der Waals surface area contributed by atoms with E-state index >= 15 is 0 Å². The number of nitrogens with zero attached hydrogens (tertiary/aromatic N) is 5. The SMILES string of the molecule is Cc1ccc(CN(C)C)cc1.N/C(=C\C(=NCc1cccc(F)c1F)c1ccon1)c1ncc(NC=O)c(N)n1. The number of allylic oxidation sites excluding steroid dienone is 1. The van der Waals surface area contributed by atoms with Crippen molar-refractivity contribution in [1.82, 2.24) is 20.0 Å². The third-order valence-electron chi connectivity index (χ3n) is 5.35. The molecule has 40 heavy (non-hydrogen) atoms. The van der Waals surface area contributed by atoms with Gasteiger partial charge in [0.15, 0.2) is 23.3 Å². The maximum Gasteiger partial charge on any atom is 0.211 e. The van der Waals surface area contributed by atoms with Crippen LogP contribution in [0.15, 0.2) is 76.6 Å². The Morgan fingerprint density at radius 2 is 1.90 bits per heavy atom. The van der Waals surface area contributed by atoms with Crippen LogP contribution >= 0.6 is 0 Å². The minimum atomic E-state index is -0.984. The Kier molecular flexibility index (Phi) is 10.5. The lowest BCUT2D eigenvalue weighted by Crippen LogP contribution is -2.10. The molecule has 0 atom stereocenters. The van der Waals surface area contributed by atoms with Crippen LogP contribution in [0, 0.1) is 18.6 Å². The Morgan fingerprint density at radius 1 is 1.15 bits per heavy atom. The normalized spacial score (nSPS) is 11.7. The summed E-state index contributed by atoms with van der Waals surface area (Å²) in [6.07, 6.45) is 4.46. The summed E-state index contributed by atoms with van der Waals surface area (Å²) in [6, 6.07) is 14.0. The first kappa shape index (κ1) is 29.6. The lowest BCUT2D eigenvalue weighted by Gasteiger charge is -2.08. The van der Waals surface area contributed by atoms with Crippen molar-refractivity contribution in [3.63, 3.8) is 0 Å². The number of carbonyl (C=O) groups is 1. The van der Waals surface area contributed by atoms with E-state index in [0.29, 0.717) is 12.1 Å². The monoisotopic (exact) mass is 548 g/mol. The fourth-order valence-electron chi connectivity index (χ4n) is 3.37. The van der Waals surface area contributed by atoms with Crippen LogP contribution in [0.2, 0.25) is 0 Å². The summed E-state index contributed by atoms with van der Waals surface area (Å²) in [7, 11) is 4.17. The van der Waals surface area contributed by atoms with Crippen molar-refractivity contribution in [2.24, 2.45) is 10.7 Å². The maximum absolute atomic E-state index is 13.9. The molecule has 2 heterocycles. The molecule has 0 radical (unpaired) electrons. The largest absolute Gasteiger partial charge is 0.396 e. The Balaban J connectivity index is 0.000000336. The Bertz CT molecular complexity index is 1470. The lowest BCUT2D eigenvalue weighted by atomic mass is 10.1. The van der Waals surface area contributed by atoms with Crippen molar-refractivity contribution in [3.05, 3.63) is 107 Å². The predicted octanol–water partition coefficient (Wildman–Crippen LogP) is 3.94. The number of halogens is 2. The molecule has 4 aromatic rings. The fraction of sp³-hybridized carbons (Fsp3) is 0.179. The van der Waals surface area contributed by atoms with Crippen LogP contribution in [0.4, 0.5) is 20.3 Å². The van der Waals surface area contributed by atoms with Gasteiger partial charge in [-0.2, -0.15) is 0 Å². The van der Waals surface area contributed by atoms with E-state index < -0.39 is 11.6 Å². The highest BCUT2D eigenvalue weighted by Gasteiger charge is 2.12. The standard InChI is InChI=1S/C18H15F2N7O2.C10H15N/c19-11-3-1-2-10(16(11)20)7-23-14(13-4-5-29-27-13)6-12(21)18-24-8-15(25-9-28)17(22)26-18;1-9-4-6-10(7-5-9)8-11(2)3/h1-6,8-9H,7,21H2,(H,25,28)(H2,22,24,26);4-7H,8H2,1-3H3/b12-6-,23-14?;. The molecule has 0 bridgehead atoms. The van der Waals surface area contributed by atoms with E-state index in [1.54, 1.807) is 0 Å². The summed E-state index contributed by atoms with van der Waals surface area (Å²) in [5, 5.41) is 6.13. The number of anilines is 2. The number of carbonyl (C=O) groups excluding carboxylic acids is 1. The van der Waals surface area contributed by atoms with Gasteiger partial charge in [0.1, 0.15) is 17.6 Å². The first-order chi connectivity index (χ1) is 19.2. The number of amides is 1. The lowest BCUT2D eigenvalue weighted by molar-refractivity contribution is -0.105. The van der Waals surface area contributed by atoms with Gasteiger partial charge in [-0.1, -0.05) is 47.1 Å². The number of aliphatic imine (C=N–C) groups is 1. The van der Waals surface area contributed by atoms with Gasteiger partial charge in [0.2, 0.25) is 6.41 Å². The Hall–Kier alpha value is -4.97. The van der Waals surface area contributed by atoms with Gasteiger partial charge in [-0.15, -0.1) is 0 Å². The van der Waals surface area contributed by atoms with E-state index in [1.807, 2.05) is 0 Å². The summed E-state index contributed by atoms with van der Waals surface area (Å²) in [5.74, 6) is -1.86. The number of aromatic nitrogens is 3. The maximum atomic E-state index is 13.9. The van der Waals surface area contributed by atoms with E-state index in [0.717, 1.165) is 12.6 Å². The molecule has 1 amide bonds. The number of benzene rings is 2. The summed E-state index contributed by atoms with van der Waals surface area (Å²) in [6.45, 7) is 2.97. The van der Waals surface area contributed by atoms with E-state index in [-0.39, 0.29) is 40.8 Å². The second-order valence-corrected chi connectivity index (χ2v) is 8.88. The Morgan fingerprint density at radius 3 is 2.52 bits per heavy atom. The molecule has 0 fully saturated rings. The van der Waals surface area contributed by atoms with Gasteiger partial charge in [0, 0.05) is 18.2 Å². The van der Waals surface area contributed by atoms with E-state index in [1.165, 1.54) is 47.9 Å². The summed E-state index contributed by atoms with van der Waals surface area (Å²) in [5.41, 5.74) is 15.4. The second kappa shape index (κ2) is 14.3. The van der Waals surface area contributed by atoms with Crippen molar-refractivity contribution in [1.29, 1.82) is 0 Å². The van der Waals surface area contributed by atoms with Gasteiger partial charge in [-0.25, -0.2) is 18.7 Å². The highest BCUT2D eigenvalue weighted by Crippen LogP contribution is 2.17. The molecule has 0 spiro atoms. The molecule has 0 aliphatic heterocycles. The van der Waals surface area contributed by atoms with Crippen molar-refractivity contribution >= 4 is 29.3 Å². The smallest absolute Gasteiger partial charge is 0.211 e. The number of nitrogens with two attached hydrogens (primary N) is 2. The first-order valence-electron chi connectivity index (χ1n) is 12.1. The van der Waals surface area contributed by atoms with E-state index in [4.69, 9.17) is 16.0 Å². The molecule has 0 aliphatic rings. The second-order valence-electron chi connectivity index (χ2n) is 8.88. The van der Waals surface area contributed by atoms with Gasteiger partial charge in [0.25, 0.3) is 0 Å². The van der Waals surface area contributed by atoms with Crippen LogP contribution in [0.25, 0.3) is 5.70 Å². The zero-order valence-electron chi connectivity index (χ0n) is 22.3. The molecular formula is C28H30F2N8O2. The zero-order chi connectivity index (χ0) is 29.1. The van der Waals surface area contributed by atoms with E-state index in [2.05, 4.69) is 75.6 Å². The molecule has 4 rings (SSSR count). The first-order valence-corrected chi connectivity index (χ1v) is 12.1. The minimum absolute atomic E-state index is 0.0141. The summed E-state index contributed by atoms with van der Waals surface area (Å²) in [4.78, 5) is 25.0. The number of rotatable bonds is 9. The average Bonchev–Trinajstić information content (AvgIpc) is 3.46. The van der Waals surface area contributed by atoms with Gasteiger partial charge in [-0.05, 0) is 38.7 Å². The molecular weight excluding hydrogens is 518 g/mol. The average molecular weight is 549 g/mol. The number of hydrogen-bond donors (Lipinski definition) is 3. The highest BCUT2D eigenvalue weighted by molar-refractivity contribution is 6.10. The summed E-state index contributed by atoms with van der Waals surface area (Å²) >= 11 is 0. The number of aryl methyl sites for hydroxylation is 1. The van der Waals surface area contributed by atoms with Gasteiger partial charge in [-0.3, -0.25) is 9.79 Å². The predicted molar refractivity (Wildman–Crippen MR) is 150 cm³/mol. The van der Waals surface area contributed by atoms with Crippen molar-refractivity contribution in [2.45, 2.75) is 20.0 Å². The van der Waals surface area contributed by atoms with E-state index in [9.17, 15) is 13.6 Å². The van der Waals surface area contributed by atoms with Crippen LogP contribution < -0.4 is 16.8 Å². The van der Waals surface area contributed by atoms with Crippen LogP contribution in [0.3, 0.4) is 0 Å². The van der Waals surface area contributed by atoms with Gasteiger partial charge < -0.3 is 26.2 Å². The van der Waals surface area contributed by atoms with Crippen LogP contribution in [-0.4, -0.2) is 46.2 Å².